The quantitative estimate of drug-likeness (QED) is 0.828. The Hall–Kier alpha value is -0.871. The molecule has 1 aliphatic heterocycles. The maximum atomic E-state index is 12.8. The predicted molar refractivity (Wildman–Crippen MR) is 82.8 cm³/mol. The summed E-state index contributed by atoms with van der Waals surface area (Å²) in [6.45, 7) is 0. The average Bonchev–Trinajstić information content (AvgIpc) is 2.47. The molecule has 0 amide bonds. The van der Waals surface area contributed by atoms with Gasteiger partial charge in [-0.25, -0.2) is 0 Å². The van der Waals surface area contributed by atoms with Crippen molar-refractivity contribution in [2.75, 3.05) is 0 Å². The van der Waals surface area contributed by atoms with E-state index in [0.717, 1.165) is 12.0 Å². The van der Waals surface area contributed by atoms with Crippen molar-refractivity contribution in [1.82, 2.24) is 0 Å². The molecule has 1 fully saturated rings. The van der Waals surface area contributed by atoms with Crippen LogP contribution in [0.25, 0.3) is 0 Å². The van der Waals surface area contributed by atoms with E-state index in [4.69, 9.17) is 22.1 Å². The number of rotatable bonds is 3. The number of aliphatic imine (C=N–C) groups is 1. The van der Waals surface area contributed by atoms with Gasteiger partial charge < -0.3 is 0 Å². The Morgan fingerprint density at radius 1 is 1.52 bits per heavy atom. The van der Waals surface area contributed by atoms with Crippen molar-refractivity contribution < 1.29 is 9.53 Å². The summed E-state index contributed by atoms with van der Waals surface area (Å²) in [6.07, 6.45) is 1.79. The molecule has 2 bridgehead atoms. The standard InChI is InChI=1S/C15H16ClN2O2Se/c16-10-5-2-1-4-9(10)15-7-3-6-12(13(15)19)20-14(18-15)11(17)8-21/h1-2,4-5,11-12H,3,6-8,17H2/t11?,12-,15-/m0/s1. The molecule has 0 spiro atoms. The Bertz CT molecular complexity index is 607. The third-order valence-corrected chi connectivity index (χ3v) is 5.17. The molecule has 4 nitrogen and oxygen atoms in total. The SMILES string of the molecule is NC(C[Se])C1=N[C@]2(c3ccccc3Cl)CCC[C@H](O1)C2=O. The molecule has 2 N–H and O–H groups in total. The number of fused-ring (bicyclic) bond motifs is 2. The molecule has 0 saturated heterocycles. The van der Waals surface area contributed by atoms with Gasteiger partial charge in [-0.2, -0.15) is 0 Å². The molecule has 6 heteroatoms. The fourth-order valence-electron chi connectivity index (χ4n) is 3.01. The van der Waals surface area contributed by atoms with Crippen LogP contribution in [0.3, 0.4) is 0 Å². The number of hydrogen-bond donors (Lipinski definition) is 1. The first-order valence-corrected chi connectivity index (χ1v) is 8.57. The van der Waals surface area contributed by atoms with Gasteiger partial charge in [-0.05, 0) is 0 Å². The van der Waals surface area contributed by atoms with E-state index >= 15 is 0 Å². The van der Waals surface area contributed by atoms with Gasteiger partial charge in [-0.15, -0.1) is 0 Å². The van der Waals surface area contributed by atoms with E-state index < -0.39 is 11.6 Å². The van der Waals surface area contributed by atoms with E-state index in [0.29, 0.717) is 29.1 Å². The van der Waals surface area contributed by atoms with Crippen LogP contribution in [0.15, 0.2) is 29.3 Å². The summed E-state index contributed by atoms with van der Waals surface area (Å²) in [6, 6.07) is 7.06. The molecular formula is C15H16ClN2O2Se. The van der Waals surface area contributed by atoms with Crippen molar-refractivity contribution in [3.63, 3.8) is 0 Å². The summed E-state index contributed by atoms with van der Waals surface area (Å²) in [5, 5.41) is 1.16. The van der Waals surface area contributed by atoms with Crippen molar-refractivity contribution in [3.05, 3.63) is 34.9 Å². The van der Waals surface area contributed by atoms with Gasteiger partial charge in [-0.3, -0.25) is 0 Å². The molecule has 21 heavy (non-hydrogen) atoms. The second-order valence-corrected chi connectivity index (χ2v) is 6.53. The molecular weight excluding hydrogens is 355 g/mol. The Balaban J connectivity index is 2.16. The molecule has 1 unspecified atom stereocenters. The van der Waals surface area contributed by atoms with E-state index in [1.165, 1.54) is 0 Å². The van der Waals surface area contributed by atoms with Crippen LogP contribution in [0.1, 0.15) is 24.8 Å². The Morgan fingerprint density at radius 2 is 2.29 bits per heavy atom. The Kier molecular flexibility index (Phi) is 4.10. The minimum atomic E-state index is -0.929. The first-order valence-electron chi connectivity index (χ1n) is 6.98. The summed E-state index contributed by atoms with van der Waals surface area (Å²) in [7, 11) is 0. The van der Waals surface area contributed by atoms with Gasteiger partial charge in [0, 0.05) is 0 Å². The first-order chi connectivity index (χ1) is 10.1. The second-order valence-electron chi connectivity index (χ2n) is 5.43. The van der Waals surface area contributed by atoms with Gasteiger partial charge in [0.15, 0.2) is 0 Å². The van der Waals surface area contributed by atoms with Crippen molar-refractivity contribution in [3.8, 4) is 0 Å². The van der Waals surface area contributed by atoms with E-state index in [1.807, 2.05) is 18.2 Å². The molecule has 3 rings (SSSR count). The average molecular weight is 371 g/mol. The Labute approximate surface area is 136 Å². The number of carbonyl (C=O) groups is 1. The fourth-order valence-corrected chi connectivity index (χ4v) is 3.60. The van der Waals surface area contributed by atoms with Gasteiger partial charge in [0.25, 0.3) is 0 Å². The van der Waals surface area contributed by atoms with Crippen molar-refractivity contribution in [1.29, 1.82) is 0 Å². The molecule has 3 atom stereocenters. The molecule has 1 radical (unpaired) electrons. The maximum absolute atomic E-state index is 12.8. The van der Waals surface area contributed by atoms with Crippen LogP contribution in [-0.2, 0) is 15.1 Å². The van der Waals surface area contributed by atoms with Crippen LogP contribution in [0, 0.1) is 0 Å². The molecule has 111 valence electrons. The normalized spacial score (nSPS) is 29.6. The Morgan fingerprint density at radius 3 is 3.00 bits per heavy atom. The van der Waals surface area contributed by atoms with Crippen LogP contribution >= 0.6 is 11.6 Å². The molecule has 0 aromatic heterocycles. The number of carbonyl (C=O) groups excluding carboxylic acids is 1. The molecule has 1 heterocycles. The molecule has 1 aromatic rings. The van der Waals surface area contributed by atoms with E-state index in [-0.39, 0.29) is 11.8 Å². The van der Waals surface area contributed by atoms with Gasteiger partial charge in [-0.1, -0.05) is 0 Å². The number of ether oxygens (including phenoxy) is 1. The van der Waals surface area contributed by atoms with E-state index in [1.54, 1.807) is 6.07 Å². The van der Waals surface area contributed by atoms with E-state index in [9.17, 15) is 4.79 Å². The molecule has 1 saturated carbocycles. The molecule has 2 aliphatic rings. The summed E-state index contributed by atoms with van der Waals surface area (Å²) in [4.78, 5) is 17.4. The third kappa shape index (κ3) is 2.42. The van der Waals surface area contributed by atoms with Crippen molar-refractivity contribution in [2.45, 2.75) is 42.3 Å². The van der Waals surface area contributed by atoms with E-state index in [2.05, 4.69) is 21.0 Å². The summed E-state index contributed by atoms with van der Waals surface area (Å²) in [5.41, 5.74) is 5.87. The number of ketones is 1. The zero-order chi connectivity index (χ0) is 15.0. The number of Topliss-reactive ketones (excluding diaryl/α,β-unsaturated/α-hetero) is 1. The zero-order valence-corrected chi connectivity index (χ0v) is 13.9. The number of nitrogens with two attached hydrogens (primary N) is 1. The number of nitrogens with zero attached hydrogens (tertiary/aromatic N) is 1. The topological polar surface area (TPSA) is 64.7 Å². The number of halogens is 1. The van der Waals surface area contributed by atoms with Crippen molar-refractivity contribution >= 4 is 39.3 Å². The van der Waals surface area contributed by atoms with Crippen LogP contribution in [-0.4, -0.2) is 39.8 Å². The van der Waals surface area contributed by atoms with Gasteiger partial charge in [0.05, 0.1) is 0 Å². The van der Waals surface area contributed by atoms with Crippen LogP contribution in [0.2, 0.25) is 10.3 Å². The predicted octanol–water partition coefficient (Wildman–Crippen LogP) is 2.00. The summed E-state index contributed by atoms with van der Waals surface area (Å²) >= 11 is 9.21. The third-order valence-electron chi connectivity index (χ3n) is 4.09. The monoisotopic (exact) mass is 371 g/mol. The molecule has 1 aromatic carbocycles. The van der Waals surface area contributed by atoms with Gasteiger partial charge in [0.1, 0.15) is 0 Å². The van der Waals surface area contributed by atoms with Crippen LogP contribution in [0.5, 0.6) is 0 Å². The zero-order valence-electron chi connectivity index (χ0n) is 11.4. The van der Waals surface area contributed by atoms with Crippen LogP contribution < -0.4 is 5.73 Å². The van der Waals surface area contributed by atoms with Gasteiger partial charge in [0.2, 0.25) is 0 Å². The number of benzene rings is 1. The van der Waals surface area contributed by atoms with Crippen molar-refractivity contribution in [2.24, 2.45) is 10.7 Å². The fraction of sp³-hybridized carbons (Fsp3) is 0.467. The van der Waals surface area contributed by atoms with Crippen LogP contribution in [0.4, 0.5) is 0 Å². The second kappa shape index (κ2) is 5.73. The summed E-state index contributed by atoms with van der Waals surface area (Å²) in [5.74, 6) is 0.454. The minimum absolute atomic E-state index is 0.00196. The first kappa shape index (κ1) is 15.0. The molecule has 1 aliphatic carbocycles. The van der Waals surface area contributed by atoms with Gasteiger partial charge >= 0.3 is 137 Å². The number of hydrogen-bond acceptors (Lipinski definition) is 4. The summed E-state index contributed by atoms with van der Waals surface area (Å²) < 4.78 is 5.72.